The van der Waals surface area contributed by atoms with Gasteiger partial charge in [-0.15, -0.1) is 0 Å². The van der Waals surface area contributed by atoms with Crippen LogP contribution in [0.3, 0.4) is 0 Å². The van der Waals surface area contributed by atoms with Crippen LogP contribution in [0.25, 0.3) is 0 Å². The largest absolute Gasteiger partial charge is 0.369 e. The van der Waals surface area contributed by atoms with Crippen molar-refractivity contribution in [1.29, 1.82) is 0 Å². The predicted molar refractivity (Wildman–Crippen MR) is 107 cm³/mol. The van der Waals surface area contributed by atoms with E-state index in [-0.39, 0.29) is 23.0 Å². The van der Waals surface area contributed by atoms with Gasteiger partial charge in [-0.3, -0.25) is 4.79 Å². The van der Waals surface area contributed by atoms with Gasteiger partial charge in [0.2, 0.25) is 5.91 Å². The number of hydrogen-bond acceptors (Lipinski definition) is 3. The van der Waals surface area contributed by atoms with Crippen LogP contribution >= 0.6 is 0 Å². The lowest BCUT2D eigenvalue weighted by Gasteiger charge is -2.47. The van der Waals surface area contributed by atoms with Gasteiger partial charge in [-0.1, -0.05) is 25.2 Å². The lowest BCUT2D eigenvalue weighted by molar-refractivity contribution is -0.126. The van der Waals surface area contributed by atoms with Crippen LogP contribution in [0.4, 0.5) is 4.79 Å². The molecule has 0 radical (unpaired) electrons. The van der Waals surface area contributed by atoms with Crippen molar-refractivity contribution in [2.75, 3.05) is 19.6 Å². The number of carbonyl (C=O) groups excluding carboxylic acids is 2. The van der Waals surface area contributed by atoms with Crippen LogP contribution in [0.5, 0.6) is 0 Å². The van der Waals surface area contributed by atoms with E-state index < -0.39 is 5.41 Å². The molecule has 6 nitrogen and oxygen atoms in total. The predicted octanol–water partition coefficient (Wildman–Crippen LogP) is 2.46. The van der Waals surface area contributed by atoms with Crippen molar-refractivity contribution in [2.24, 2.45) is 11.1 Å². The number of likely N-dealkylation sites (N-methyl/N-ethyl adjacent to an activating group) is 1. The van der Waals surface area contributed by atoms with Gasteiger partial charge in [0.05, 0.1) is 11.0 Å². The zero-order chi connectivity index (χ0) is 19.7. The van der Waals surface area contributed by atoms with Gasteiger partial charge >= 0.3 is 6.03 Å². The van der Waals surface area contributed by atoms with Crippen LogP contribution in [0, 0.1) is 5.41 Å². The van der Waals surface area contributed by atoms with Crippen molar-refractivity contribution in [3.63, 3.8) is 0 Å². The normalized spacial score (nSPS) is 31.1. The number of nitrogens with one attached hydrogen (secondary N) is 2. The Morgan fingerprint density at radius 1 is 1.33 bits per heavy atom. The zero-order valence-electron chi connectivity index (χ0n) is 16.9. The number of hydrogen-bond donors (Lipinski definition) is 3. The third-order valence-electron chi connectivity index (χ3n) is 6.61. The average Bonchev–Trinajstić information content (AvgIpc) is 2.93. The number of rotatable bonds is 6. The highest BCUT2D eigenvalue weighted by Gasteiger charge is 2.50. The molecular formula is C21H34N4O2. The highest BCUT2D eigenvalue weighted by atomic mass is 16.2. The molecular weight excluding hydrogens is 340 g/mol. The summed E-state index contributed by atoms with van der Waals surface area (Å²) in [7, 11) is 0. The van der Waals surface area contributed by atoms with Gasteiger partial charge in [-0.05, 0) is 64.5 Å². The van der Waals surface area contributed by atoms with Gasteiger partial charge in [0, 0.05) is 18.6 Å². The Morgan fingerprint density at radius 2 is 2.04 bits per heavy atom. The van der Waals surface area contributed by atoms with Crippen LogP contribution < -0.4 is 16.4 Å². The standard InChI is InChI=1S/C21H34N4O2/c1-4-23-21(16-8-6-5-7-9-16)12-10-20(11-13-21)15-25(18(27)24-20)14-19(2,3)17(22)26/h5-6,8,23H,4,7,9-15H2,1-3H3,(H2,22,26)(H,24,27)/t20-,21+. The molecule has 1 heterocycles. The molecule has 2 aliphatic carbocycles. The van der Waals surface area contributed by atoms with Crippen LogP contribution in [-0.2, 0) is 4.79 Å². The van der Waals surface area contributed by atoms with Crippen LogP contribution in [-0.4, -0.2) is 47.6 Å². The number of primary amides is 1. The lowest BCUT2D eigenvalue weighted by atomic mass is 9.67. The Hall–Kier alpha value is -1.82. The molecule has 4 N–H and O–H groups in total. The first kappa shape index (κ1) is 19.9. The molecule has 1 saturated carbocycles. The molecule has 2 fully saturated rings. The fourth-order valence-electron chi connectivity index (χ4n) is 4.85. The number of nitrogens with zero attached hydrogens (tertiary/aromatic N) is 1. The van der Waals surface area contributed by atoms with E-state index >= 15 is 0 Å². The molecule has 1 aliphatic heterocycles. The van der Waals surface area contributed by atoms with E-state index in [0.717, 1.165) is 45.1 Å². The van der Waals surface area contributed by atoms with Gasteiger partial charge in [0.1, 0.15) is 0 Å². The molecule has 0 atom stereocenters. The van der Waals surface area contributed by atoms with Gasteiger partial charge in [-0.25, -0.2) is 4.79 Å². The summed E-state index contributed by atoms with van der Waals surface area (Å²) in [5.74, 6) is -0.372. The monoisotopic (exact) mass is 374 g/mol. The molecule has 3 amide bonds. The van der Waals surface area contributed by atoms with E-state index in [4.69, 9.17) is 5.73 Å². The van der Waals surface area contributed by atoms with Crippen molar-refractivity contribution in [3.8, 4) is 0 Å². The van der Waals surface area contributed by atoms with Crippen molar-refractivity contribution in [1.82, 2.24) is 15.5 Å². The van der Waals surface area contributed by atoms with E-state index in [9.17, 15) is 9.59 Å². The number of urea groups is 1. The minimum Gasteiger partial charge on any atom is -0.369 e. The quantitative estimate of drug-likeness (QED) is 0.667. The Bertz CT molecular complexity index is 657. The van der Waals surface area contributed by atoms with Crippen molar-refractivity contribution >= 4 is 11.9 Å². The first-order valence-electron chi connectivity index (χ1n) is 10.2. The molecule has 0 bridgehead atoms. The Balaban J connectivity index is 1.70. The maximum Gasteiger partial charge on any atom is 0.318 e. The number of allylic oxidation sites excluding steroid dienone is 3. The summed E-state index contributed by atoms with van der Waals surface area (Å²) in [6.07, 6.45) is 12.8. The molecule has 6 heteroatoms. The second-order valence-corrected chi connectivity index (χ2v) is 9.09. The molecule has 0 aromatic heterocycles. The first-order chi connectivity index (χ1) is 12.7. The number of amides is 3. The molecule has 0 aromatic carbocycles. The van der Waals surface area contributed by atoms with Crippen LogP contribution in [0.1, 0.15) is 59.3 Å². The van der Waals surface area contributed by atoms with E-state index in [1.54, 1.807) is 18.7 Å². The topological polar surface area (TPSA) is 87.5 Å². The summed E-state index contributed by atoms with van der Waals surface area (Å²) >= 11 is 0. The third kappa shape index (κ3) is 3.91. The lowest BCUT2D eigenvalue weighted by Crippen LogP contribution is -2.57. The Kier molecular flexibility index (Phi) is 5.39. The minimum atomic E-state index is -0.718. The molecule has 0 unspecified atom stereocenters. The van der Waals surface area contributed by atoms with E-state index in [2.05, 4.69) is 35.8 Å². The van der Waals surface area contributed by atoms with Crippen molar-refractivity contribution in [2.45, 2.75) is 70.4 Å². The minimum absolute atomic E-state index is 0.0510. The molecule has 1 saturated heterocycles. The second kappa shape index (κ2) is 7.30. The summed E-state index contributed by atoms with van der Waals surface area (Å²) in [5, 5.41) is 7.00. The van der Waals surface area contributed by atoms with Crippen molar-refractivity contribution < 1.29 is 9.59 Å². The molecule has 27 heavy (non-hydrogen) atoms. The maximum atomic E-state index is 12.6. The SMILES string of the molecule is CCN[C@]1(C2=CC=CCC2)CC[C@]2(CC1)CN(CC(C)(C)C(N)=O)C(=O)N2. The molecule has 1 spiro atoms. The summed E-state index contributed by atoms with van der Waals surface area (Å²) in [6, 6.07) is -0.0694. The second-order valence-electron chi connectivity index (χ2n) is 9.09. The van der Waals surface area contributed by atoms with E-state index in [0.29, 0.717) is 13.1 Å². The van der Waals surface area contributed by atoms with E-state index in [1.165, 1.54) is 5.57 Å². The van der Waals surface area contributed by atoms with Crippen LogP contribution in [0.15, 0.2) is 23.8 Å². The highest BCUT2D eigenvalue weighted by Crippen LogP contribution is 2.43. The summed E-state index contributed by atoms with van der Waals surface area (Å²) in [5.41, 5.74) is 6.14. The van der Waals surface area contributed by atoms with Gasteiger partial charge in [0.15, 0.2) is 0 Å². The maximum absolute atomic E-state index is 12.6. The van der Waals surface area contributed by atoms with Gasteiger partial charge < -0.3 is 21.3 Å². The average molecular weight is 375 g/mol. The zero-order valence-corrected chi connectivity index (χ0v) is 16.9. The van der Waals surface area contributed by atoms with Crippen LogP contribution in [0.2, 0.25) is 0 Å². The van der Waals surface area contributed by atoms with Crippen molar-refractivity contribution in [3.05, 3.63) is 23.8 Å². The summed E-state index contributed by atoms with van der Waals surface area (Å²) < 4.78 is 0. The smallest absolute Gasteiger partial charge is 0.318 e. The first-order valence-corrected chi connectivity index (χ1v) is 10.2. The van der Waals surface area contributed by atoms with E-state index in [1.807, 2.05) is 0 Å². The summed E-state index contributed by atoms with van der Waals surface area (Å²) in [6.45, 7) is 7.73. The number of nitrogens with two attached hydrogens (primary N) is 1. The highest BCUT2D eigenvalue weighted by molar-refractivity contribution is 5.82. The summed E-state index contributed by atoms with van der Waals surface area (Å²) in [4.78, 5) is 26.0. The fourth-order valence-corrected chi connectivity index (χ4v) is 4.85. The third-order valence-corrected chi connectivity index (χ3v) is 6.61. The Morgan fingerprint density at radius 3 is 2.59 bits per heavy atom. The number of carbonyl (C=O) groups is 2. The molecule has 3 aliphatic rings. The molecule has 0 aromatic rings. The molecule has 150 valence electrons. The van der Waals surface area contributed by atoms with Gasteiger partial charge in [0.25, 0.3) is 0 Å². The van der Waals surface area contributed by atoms with Gasteiger partial charge in [-0.2, -0.15) is 0 Å². The fraction of sp³-hybridized carbons (Fsp3) is 0.714. The Labute approximate surface area is 162 Å². The molecule has 3 rings (SSSR count).